The Labute approximate surface area is 118 Å². The van der Waals surface area contributed by atoms with Crippen LogP contribution in [0.1, 0.15) is 15.9 Å². The van der Waals surface area contributed by atoms with Gasteiger partial charge in [0.25, 0.3) is 0 Å². The van der Waals surface area contributed by atoms with Crippen molar-refractivity contribution in [1.29, 1.82) is 0 Å². The number of hydrogen-bond donors (Lipinski definition) is 1. The van der Waals surface area contributed by atoms with Crippen molar-refractivity contribution in [1.82, 2.24) is 0 Å². The van der Waals surface area contributed by atoms with Crippen LogP contribution in [0.5, 0.6) is 5.75 Å². The van der Waals surface area contributed by atoms with Crippen molar-refractivity contribution >= 4 is 21.8 Å². The van der Waals surface area contributed by atoms with Gasteiger partial charge in [0.05, 0.1) is 0 Å². The zero-order valence-corrected chi connectivity index (χ0v) is 11.5. The third-order valence-corrected chi connectivity index (χ3v) is 2.94. The van der Waals surface area contributed by atoms with Crippen LogP contribution in [0.25, 0.3) is 0 Å². The van der Waals surface area contributed by atoms with Crippen molar-refractivity contribution in [3.63, 3.8) is 0 Å². The molecule has 0 saturated carbocycles. The van der Waals surface area contributed by atoms with Crippen molar-refractivity contribution in [2.45, 2.75) is 6.61 Å². The van der Waals surface area contributed by atoms with Crippen molar-refractivity contribution < 1.29 is 13.9 Å². The fraction of sp³-hybridized carbons (Fsp3) is 0.0714. The Hall–Kier alpha value is -1.88. The summed E-state index contributed by atoms with van der Waals surface area (Å²) >= 11 is 3.19. The monoisotopic (exact) mass is 323 g/mol. The minimum absolute atomic E-state index is 0.287. The molecule has 0 radical (unpaired) electrons. The molecule has 0 aliphatic heterocycles. The van der Waals surface area contributed by atoms with Crippen LogP contribution in [-0.2, 0) is 6.61 Å². The summed E-state index contributed by atoms with van der Waals surface area (Å²) in [6.07, 6.45) is 0. The molecule has 98 valence electrons. The zero-order chi connectivity index (χ0) is 13.8. The summed E-state index contributed by atoms with van der Waals surface area (Å²) in [6.45, 7) is 0.287. The lowest BCUT2D eigenvalue weighted by Gasteiger charge is -2.07. The van der Waals surface area contributed by atoms with Gasteiger partial charge >= 0.3 is 0 Å². The number of rotatable bonds is 4. The third-order valence-electron chi connectivity index (χ3n) is 2.48. The van der Waals surface area contributed by atoms with Gasteiger partial charge in [0, 0.05) is 16.1 Å². The summed E-state index contributed by atoms with van der Waals surface area (Å²) < 4.78 is 19.2. The molecule has 0 aliphatic rings. The largest absolute Gasteiger partial charge is 0.489 e. The molecular formula is C14H11BrFNO2. The van der Waals surface area contributed by atoms with Crippen molar-refractivity contribution in [2.24, 2.45) is 5.73 Å². The van der Waals surface area contributed by atoms with E-state index in [0.29, 0.717) is 15.8 Å². The number of halogens is 2. The predicted molar refractivity (Wildman–Crippen MR) is 73.4 cm³/mol. The molecule has 0 aromatic heterocycles. The van der Waals surface area contributed by atoms with Gasteiger partial charge < -0.3 is 10.5 Å². The van der Waals surface area contributed by atoms with E-state index in [2.05, 4.69) is 15.9 Å². The highest BCUT2D eigenvalue weighted by Crippen LogP contribution is 2.21. The average molecular weight is 324 g/mol. The Balaban J connectivity index is 2.03. The number of nitrogens with two attached hydrogens (primary N) is 1. The van der Waals surface area contributed by atoms with Gasteiger partial charge in [-0.2, -0.15) is 0 Å². The highest BCUT2D eigenvalue weighted by Gasteiger charge is 2.02. The molecule has 3 nitrogen and oxygen atoms in total. The Morgan fingerprint density at radius 1 is 1.21 bits per heavy atom. The van der Waals surface area contributed by atoms with Gasteiger partial charge in [-0.3, -0.25) is 4.79 Å². The molecule has 0 saturated heterocycles. The fourth-order valence-electron chi connectivity index (χ4n) is 1.54. The lowest BCUT2D eigenvalue weighted by Crippen LogP contribution is -2.10. The number of primary amides is 1. The number of benzene rings is 2. The molecule has 1 amide bonds. The van der Waals surface area contributed by atoms with Gasteiger partial charge in [-0.1, -0.05) is 28.1 Å². The van der Waals surface area contributed by atoms with E-state index in [1.54, 1.807) is 30.3 Å². The maximum atomic E-state index is 13.1. The molecule has 0 aliphatic carbocycles. The number of carbonyl (C=O) groups is 1. The van der Waals surface area contributed by atoms with Crippen LogP contribution in [0.3, 0.4) is 0 Å². The fourth-order valence-corrected chi connectivity index (χ4v) is 1.99. The highest BCUT2D eigenvalue weighted by atomic mass is 79.9. The van der Waals surface area contributed by atoms with E-state index in [-0.39, 0.29) is 12.4 Å². The Morgan fingerprint density at radius 3 is 2.47 bits per heavy atom. The molecule has 0 fully saturated rings. The van der Waals surface area contributed by atoms with Gasteiger partial charge in [-0.05, 0) is 29.8 Å². The SMILES string of the molecule is NC(=O)c1ccc(COc2cc(F)cc(Br)c2)cc1. The van der Waals surface area contributed by atoms with Crippen LogP contribution in [0.2, 0.25) is 0 Å². The van der Waals surface area contributed by atoms with E-state index in [1.807, 2.05) is 0 Å². The number of ether oxygens (including phenoxy) is 1. The lowest BCUT2D eigenvalue weighted by molar-refractivity contribution is 0.1000. The molecule has 0 spiro atoms. The quantitative estimate of drug-likeness (QED) is 0.938. The molecule has 0 atom stereocenters. The first-order chi connectivity index (χ1) is 9.04. The van der Waals surface area contributed by atoms with Gasteiger partial charge in [0.15, 0.2) is 0 Å². The minimum atomic E-state index is -0.471. The number of hydrogen-bond acceptors (Lipinski definition) is 2. The van der Waals surface area contributed by atoms with E-state index in [4.69, 9.17) is 10.5 Å². The van der Waals surface area contributed by atoms with Crippen molar-refractivity contribution in [2.75, 3.05) is 0 Å². The van der Waals surface area contributed by atoms with Crippen LogP contribution in [-0.4, -0.2) is 5.91 Å². The predicted octanol–water partition coefficient (Wildman–Crippen LogP) is 3.27. The molecule has 5 heteroatoms. The van der Waals surface area contributed by atoms with E-state index < -0.39 is 5.91 Å². The second-order valence-electron chi connectivity index (χ2n) is 3.96. The second-order valence-corrected chi connectivity index (χ2v) is 4.87. The molecule has 19 heavy (non-hydrogen) atoms. The standard InChI is InChI=1S/C14H11BrFNO2/c15-11-5-12(16)7-13(6-11)19-8-9-1-3-10(4-2-9)14(17)18/h1-7H,8H2,(H2,17,18). The summed E-state index contributed by atoms with van der Waals surface area (Å²) in [5, 5.41) is 0. The molecule has 0 unspecified atom stereocenters. The normalized spacial score (nSPS) is 10.2. The molecule has 0 heterocycles. The summed E-state index contributed by atoms with van der Waals surface area (Å²) in [5.74, 6) is -0.402. The summed E-state index contributed by atoms with van der Waals surface area (Å²) in [4.78, 5) is 10.9. The summed E-state index contributed by atoms with van der Waals surface area (Å²) in [5.41, 5.74) is 6.45. The first-order valence-electron chi connectivity index (χ1n) is 5.52. The van der Waals surface area contributed by atoms with Crippen LogP contribution in [0.15, 0.2) is 46.9 Å². The third kappa shape index (κ3) is 3.79. The van der Waals surface area contributed by atoms with Gasteiger partial charge in [-0.25, -0.2) is 4.39 Å². The maximum Gasteiger partial charge on any atom is 0.248 e. The first kappa shape index (κ1) is 13.5. The van der Waals surface area contributed by atoms with Crippen LogP contribution in [0, 0.1) is 5.82 Å². The summed E-state index contributed by atoms with van der Waals surface area (Å²) in [6, 6.07) is 11.1. The number of amides is 1. The van der Waals surface area contributed by atoms with Crippen LogP contribution in [0.4, 0.5) is 4.39 Å². The topological polar surface area (TPSA) is 52.3 Å². The van der Waals surface area contributed by atoms with E-state index in [1.165, 1.54) is 12.1 Å². The lowest BCUT2D eigenvalue weighted by atomic mass is 10.1. The summed E-state index contributed by atoms with van der Waals surface area (Å²) in [7, 11) is 0. The minimum Gasteiger partial charge on any atom is -0.489 e. The highest BCUT2D eigenvalue weighted by molar-refractivity contribution is 9.10. The van der Waals surface area contributed by atoms with Crippen LogP contribution < -0.4 is 10.5 Å². The van der Waals surface area contributed by atoms with Crippen LogP contribution >= 0.6 is 15.9 Å². The second kappa shape index (κ2) is 5.84. The molecular weight excluding hydrogens is 313 g/mol. The Morgan fingerprint density at radius 2 is 1.89 bits per heavy atom. The van der Waals surface area contributed by atoms with Gasteiger partial charge in [-0.15, -0.1) is 0 Å². The van der Waals surface area contributed by atoms with Gasteiger partial charge in [0.2, 0.25) is 5.91 Å². The van der Waals surface area contributed by atoms with E-state index >= 15 is 0 Å². The molecule has 0 bridgehead atoms. The Kier molecular flexibility index (Phi) is 4.16. The Bertz CT molecular complexity index is 579. The number of carbonyl (C=O) groups excluding carboxylic acids is 1. The smallest absolute Gasteiger partial charge is 0.248 e. The average Bonchev–Trinajstić information content (AvgIpc) is 2.36. The molecule has 2 N–H and O–H groups in total. The van der Waals surface area contributed by atoms with E-state index in [9.17, 15) is 9.18 Å². The first-order valence-corrected chi connectivity index (χ1v) is 6.31. The van der Waals surface area contributed by atoms with Gasteiger partial charge in [0.1, 0.15) is 18.2 Å². The molecule has 2 aromatic carbocycles. The molecule has 2 rings (SSSR count). The molecule has 2 aromatic rings. The maximum absolute atomic E-state index is 13.1. The van der Waals surface area contributed by atoms with Crippen molar-refractivity contribution in [3.05, 3.63) is 63.9 Å². The zero-order valence-electron chi connectivity index (χ0n) is 9.90. The van der Waals surface area contributed by atoms with Crippen molar-refractivity contribution in [3.8, 4) is 5.75 Å². The van der Waals surface area contributed by atoms with E-state index in [0.717, 1.165) is 5.56 Å².